The van der Waals surface area contributed by atoms with Crippen molar-refractivity contribution in [2.75, 3.05) is 0 Å². The number of aromatic amines is 1. The van der Waals surface area contributed by atoms with Gasteiger partial charge in [0.15, 0.2) is 0 Å². The van der Waals surface area contributed by atoms with Gasteiger partial charge >= 0.3 is 0 Å². The fourth-order valence-electron chi connectivity index (χ4n) is 1.26. The van der Waals surface area contributed by atoms with Crippen molar-refractivity contribution in [1.29, 1.82) is 0 Å². The predicted octanol–water partition coefficient (Wildman–Crippen LogP) is 2.28. The maximum Gasteiger partial charge on any atom is 0.126 e. The highest BCUT2D eigenvalue weighted by molar-refractivity contribution is 5.23. The summed E-state index contributed by atoms with van der Waals surface area (Å²) in [5, 5.41) is 6.49. The van der Waals surface area contributed by atoms with Crippen LogP contribution in [0.25, 0.3) is 0 Å². The summed E-state index contributed by atoms with van der Waals surface area (Å²) in [7, 11) is 0. The zero-order valence-corrected chi connectivity index (χ0v) is 7.30. The maximum absolute atomic E-state index is 13.2. The summed E-state index contributed by atoms with van der Waals surface area (Å²) in [6.07, 6.45) is 1.94. The van der Waals surface area contributed by atoms with Crippen LogP contribution in [0.5, 0.6) is 0 Å². The zero-order valence-electron chi connectivity index (χ0n) is 7.30. The molecule has 0 radical (unpaired) electrons. The normalized spacial score (nSPS) is 10.4. The third kappa shape index (κ3) is 1.79. The van der Waals surface area contributed by atoms with Crippen LogP contribution in [0, 0.1) is 11.6 Å². The molecule has 0 saturated carbocycles. The molecule has 0 unspecified atom stereocenters. The minimum Gasteiger partial charge on any atom is -0.285 e. The third-order valence-corrected chi connectivity index (χ3v) is 1.94. The lowest BCUT2D eigenvalue weighted by atomic mass is 10.1. The summed E-state index contributed by atoms with van der Waals surface area (Å²) in [5.74, 6) is -0.841. The van der Waals surface area contributed by atoms with Gasteiger partial charge < -0.3 is 0 Å². The van der Waals surface area contributed by atoms with E-state index in [0.717, 1.165) is 12.1 Å². The minimum absolute atomic E-state index is 0.299. The minimum atomic E-state index is -0.433. The second kappa shape index (κ2) is 3.57. The van der Waals surface area contributed by atoms with Crippen LogP contribution >= 0.6 is 0 Å². The number of benzene rings is 1. The monoisotopic (exact) mass is 194 g/mol. The summed E-state index contributed by atoms with van der Waals surface area (Å²) < 4.78 is 25.9. The lowest BCUT2D eigenvalue weighted by Crippen LogP contribution is -1.94. The molecule has 2 nitrogen and oxygen atoms in total. The first-order valence-electron chi connectivity index (χ1n) is 4.18. The van der Waals surface area contributed by atoms with E-state index in [-0.39, 0.29) is 0 Å². The number of hydrogen-bond acceptors (Lipinski definition) is 1. The van der Waals surface area contributed by atoms with E-state index in [1.807, 2.05) is 0 Å². The fraction of sp³-hybridized carbons (Fsp3) is 0.100. The van der Waals surface area contributed by atoms with Gasteiger partial charge in [0.05, 0.1) is 5.69 Å². The Bertz CT molecular complexity index is 424. The smallest absolute Gasteiger partial charge is 0.126 e. The largest absolute Gasteiger partial charge is 0.285 e. The van der Waals surface area contributed by atoms with Crippen LogP contribution in [0.4, 0.5) is 8.78 Å². The first-order chi connectivity index (χ1) is 6.75. The average molecular weight is 194 g/mol. The highest BCUT2D eigenvalue weighted by Gasteiger charge is 2.05. The number of nitrogens with zero attached hydrogens (tertiary/aromatic N) is 1. The third-order valence-electron chi connectivity index (χ3n) is 1.94. The Labute approximate surface area is 79.6 Å². The summed E-state index contributed by atoms with van der Waals surface area (Å²) >= 11 is 0. The van der Waals surface area contributed by atoms with E-state index >= 15 is 0 Å². The molecule has 1 N–H and O–H groups in total. The summed E-state index contributed by atoms with van der Waals surface area (Å²) in [6, 6.07) is 5.13. The van der Waals surface area contributed by atoms with E-state index in [1.54, 1.807) is 12.3 Å². The molecule has 0 amide bonds. The molecule has 14 heavy (non-hydrogen) atoms. The highest BCUT2D eigenvalue weighted by atomic mass is 19.1. The Hall–Kier alpha value is -1.71. The fourth-order valence-corrected chi connectivity index (χ4v) is 1.26. The van der Waals surface area contributed by atoms with Gasteiger partial charge in [-0.05, 0) is 29.8 Å². The summed E-state index contributed by atoms with van der Waals surface area (Å²) in [4.78, 5) is 0. The lowest BCUT2D eigenvalue weighted by Gasteiger charge is -2.00. The molecule has 4 heteroatoms. The molecule has 0 spiro atoms. The summed E-state index contributed by atoms with van der Waals surface area (Å²) in [6.45, 7) is 0. The van der Waals surface area contributed by atoms with Crippen LogP contribution in [0.3, 0.4) is 0 Å². The van der Waals surface area contributed by atoms with Crippen LogP contribution in [-0.2, 0) is 6.42 Å². The highest BCUT2D eigenvalue weighted by Crippen LogP contribution is 2.13. The van der Waals surface area contributed by atoms with Crippen molar-refractivity contribution in [3.05, 3.63) is 53.4 Å². The van der Waals surface area contributed by atoms with Crippen molar-refractivity contribution in [1.82, 2.24) is 10.2 Å². The van der Waals surface area contributed by atoms with Gasteiger partial charge in [-0.15, -0.1) is 0 Å². The van der Waals surface area contributed by atoms with Crippen molar-refractivity contribution in [3.63, 3.8) is 0 Å². The molecule has 2 aromatic rings. The van der Waals surface area contributed by atoms with E-state index < -0.39 is 11.6 Å². The first-order valence-corrected chi connectivity index (χ1v) is 4.18. The predicted molar refractivity (Wildman–Crippen MR) is 47.8 cm³/mol. The Morgan fingerprint density at radius 3 is 2.79 bits per heavy atom. The van der Waals surface area contributed by atoms with Gasteiger partial charge in [0.1, 0.15) is 11.6 Å². The van der Waals surface area contributed by atoms with Crippen LogP contribution in [0.15, 0.2) is 30.5 Å². The van der Waals surface area contributed by atoms with Gasteiger partial charge in [0.25, 0.3) is 0 Å². The van der Waals surface area contributed by atoms with Crippen molar-refractivity contribution >= 4 is 0 Å². The average Bonchev–Trinajstić information content (AvgIpc) is 2.64. The molecule has 0 atom stereocenters. The molecule has 0 aliphatic heterocycles. The van der Waals surface area contributed by atoms with Crippen molar-refractivity contribution < 1.29 is 8.78 Å². The summed E-state index contributed by atoms with van der Waals surface area (Å²) in [5.41, 5.74) is 1.01. The Kier molecular flexibility index (Phi) is 2.26. The molecule has 1 heterocycles. The molecule has 0 aliphatic carbocycles. The van der Waals surface area contributed by atoms with Gasteiger partial charge in [-0.1, -0.05) is 0 Å². The van der Waals surface area contributed by atoms with Crippen LogP contribution in [-0.4, -0.2) is 10.2 Å². The number of nitrogens with one attached hydrogen (secondary N) is 1. The number of H-pyrrole nitrogens is 1. The van der Waals surface area contributed by atoms with Gasteiger partial charge in [-0.25, -0.2) is 8.78 Å². The van der Waals surface area contributed by atoms with E-state index in [2.05, 4.69) is 10.2 Å². The SMILES string of the molecule is Fc1ccc(F)c(Cc2cc[nH]n2)c1. The number of rotatable bonds is 2. The Morgan fingerprint density at radius 2 is 2.07 bits per heavy atom. The molecular formula is C10H8F2N2. The van der Waals surface area contributed by atoms with E-state index in [0.29, 0.717) is 17.7 Å². The second-order valence-electron chi connectivity index (χ2n) is 2.98. The number of hydrogen-bond donors (Lipinski definition) is 1. The molecule has 0 fully saturated rings. The lowest BCUT2D eigenvalue weighted by molar-refractivity contribution is 0.588. The molecule has 0 saturated heterocycles. The van der Waals surface area contributed by atoms with Crippen molar-refractivity contribution in [3.8, 4) is 0 Å². The van der Waals surface area contributed by atoms with Crippen LogP contribution < -0.4 is 0 Å². The van der Waals surface area contributed by atoms with Crippen LogP contribution in [0.2, 0.25) is 0 Å². The first kappa shape index (κ1) is 8.87. The van der Waals surface area contributed by atoms with Gasteiger partial charge in [0, 0.05) is 12.6 Å². The standard InChI is InChI=1S/C10H8F2N2/c11-8-1-2-10(12)7(5-8)6-9-3-4-13-14-9/h1-5H,6H2,(H,13,14). The van der Waals surface area contributed by atoms with Gasteiger partial charge in [0.2, 0.25) is 0 Å². The zero-order chi connectivity index (χ0) is 9.97. The van der Waals surface area contributed by atoms with Crippen molar-refractivity contribution in [2.24, 2.45) is 0 Å². The quantitative estimate of drug-likeness (QED) is 0.780. The van der Waals surface area contributed by atoms with Crippen LogP contribution in [0.1, 0.15) is 11.3 Å². The van der Waals surface area contributed by atoms with Gasteiger partial charge in [-0.3, -0.25) is 5.10 Å². The number of halogens is 2. The van der Waals surface area contributed by atoms with E-state index in [9.17, 15) is 8.78 Å². The maximum atomic E-state index is 13.2. The topological polar surface area (TPSA) is 28.7 Å². The van der Waals surface area contributed by atoms with E-state index in [4.69, 9.17) is 0 Å². The second-order valence-corrected chi connectivity index (χ2v) is 2.98. The van der Waals surface area contributed by atoms with Crippen molar-refractivity contribution in [2.45, 2.75) is 6.42 Å². The molecule has 2 rings (SSSR count). The Morgan fingerprint density at radius 1 is 1.21 bits per heavy atom. The molecular weight excluding hydrogens is 186 g/mol. The molecule has 1 aromatic carbocycles. The molecule has 0 bridgehead atoms. The Balaban J connectivity index is 2.28. The number of aromatic nitrogens is 2. The van der Waals surface area contributed by atoms with E-state index in [1.165, 1.54) is 6.07 Å². The molecule has 1 aromatic heterocycles. The molecule has 0 aliphatic rings. The van der Waals surface area contributed by atoms with Gasteiger partial charge in [-0.2, -0.15) is 5.10 Å². The molecule has 72 valence electrons.